The zero-order valence-corrected chi connectivity index (χ0v) is 13.0. The van der Waals surface area contributed by atoms with Crippen molar-refractivity contribution < 1.29 is 13.9 Å². The maximum atomic E-state index is 13.8. The average molecular weight is 295 g/mol. The highest BCUT2D eigenvalue weighted by Crippen LogP contribution is 2.23. The Hall–Kier alpha value is -1.13. The molecule has 1 aliphatic rings. The molecule has 1 saturated heterocycles. The molecule has 21 heavy (non-hydrogen) atoms. The van der Waals surface area contributed by atoms with Crippen LogP contribution in [-0.4, -0.2) is 32.9 Å². The van der Waals surface area contributed by atoms with E-state index in [1.165, 1.54) is 13.5 Å². The molecule has 1 N–H and O–H groups in total. The van der Waals surface area contributed by atoms with Crippen LogP contribution in [-0.2, 0) is 11.2 Å². The van der Waals surface area contributed by atoms with Gasteiger partial charge in [-0.25, -0.2) is 4.39 Å². The van der Waals surface area contributed by atoms with E-state index in [0.29, 0.717) is 17.7 Å². The summed E-state index contributed by atoms with van der Waals surface area (Å²) in [4.78, 5) is 0. The molecule has 2 rings (SSSR count). The molecule has 4 heteroatoms. The highest BCUT2D eigenvalue weighted by atomic mass is 19.1. The molecule has 3 nitrogen and oxygen atoms in total. The van der Waals surface area contributed by atoms with Crippen molar-refractivity contribution in [3.63, 3.8) is 0 Å². The van der Waals surface area contributed by atoms with E-state index in [4.69, 9.17) is 9.47 Å². The van der Waals surface area contributed by atoms with E-state index in [9.17, 15) is 4.39 Å². The molecular formula is C17H26FNO2. The Balaban J connectivity index is 2.04. The van der Waals surface area contributed by atoms with Crippen LogP contribution in [0.2, 0.25) is 0 Å². The Bertz CT molecular complexity index is 433. The van der Waals surface area contributed by atoms with Gasteiger partial charge in [0, 0.05) is 12.6 Å². The summed E-state index contributed by atoms with van der Waals surface area (Å²) < 4.78 is 24.4. The van der Waals surface area contributed by atoms with Crippen LogP contribution in [0.4, 0.5) is 4.39 Å². The molecule has 0 spiro atoms. The predicted octanol–water partition coefficient (Wildman–Crippen LogP) is 3.17. The van der Waals surface area contributed by atoms with Crippen molar-refractivity contribution in [3.8, 4) is 5.75 Å². The first-order chi connectivity index (χ1) is 10.2. The van der Waals surface area contributed by atoms with Gasteiger partial charge in [0.05, 0.1) is 13.7 Å². The number of halogens is 1. The third-order valence-corrected chi connectivity index (χ3v) is 4.09. The van der Waals surface area contributed by atoms with Crippen molar-refractivity contribution in [2.24, 2.45) is 5.92 Å². The van der Waals surface area contributed by atoms with E-state index in [1.807, 2.05) is 6.07 Å². The molecule has 1 aromatic rings. The van der Waals surface area contributed by atoms with Crippen LogP contribution in [0.3, 0.4) is 0 Å². The summed E-state index contributed by atoms with van der Waals surface area (Å²) in [6, 6.07) is 5.59. The molecule has 1 aromatic carbocycles. The van der Waals surface area contributed by atoms with Crippen molar-refractivity contribution in [2.45, 2.75) is 38.6 Å². The predicted molar refractivity (Wildman–Crippen MR) is 82.3 cm³/mol. The van der Waals surface area contributed by atoms with Crippen LogP contribution in [0.25, 0.3) is 0 Å². The van der Waals surface area contributed by atoms with Crippen molar-refractivity contribution in [2.75, 3.05) is 26.9 Å². The van der Waals surface area contributed by atoms with Crippen LogP contribution >= 0.6 is 0 Å². The highest BCUT2D eigenvalue weighted by Gasteiger charge is 2.24. The van der Waals surface area contributed by atoms with Gasteiger partial charge in [0.25, 0.3) is 0 Å². The van der Waals surface area contributed by atoms with Gasteiger partial charge in [-0.15, -0.1) is 0 Å². The first-order valence-electron chi connectivity index (χ1n) is 7.88. The standard InChI is InChI=1S/C17H26FNO2/c1-3-8-19-16(14-5-4-9-21-12-14)11-13-6-7-17(20-2)15(18)10-13/h6-7,10,14,16,19H,3-5,8-9,11-12H2,1-2H3. The molecule has 2 unspecified atom stereocenters. The fraction of sp³-hybridized carbons (Fsp3) is 0.647. The van der Waals surface area contributed by atoms with E-state index < -0.39 is 0 Å². The van der Waals surface area contributed by atoms with Crippen LogP contribution in [0.15, 0.2) is 18.2 Å². The normalized spacial score (nSPS) is 20.2. The maximum absolute atomic E-state index is 13.8. The number of hydrogen-bond donors (Lipinski definition) is 1. The van der Waals surface area contributed by atoms with E-state index in [1.54, 1.807) is 12.1 Å². The highest BCUT2D eigenvalue weighted by molar-refractivity contribution is 5.29. The molecule has 0 radical (unpaired) electrons. The van der Waals surface area contributed by atoms with Crippen LogP contribution in [0, 0.1) is 11.7 Å². The third-order valence-electron chi connectivity index (χ3n) is 4.09. The van der Waals surface area contributed by atoms with E-state index in [0.717, 1.165) is 44.6 Å². The second-order valence-corrected chi connectivity index (χ2v) is 5.71. The van der Waals surface area contributed by atoms with Gasteiger partial charge < -0.3 is 14.8 Å². The van der Waals surface area contributed by atoms with Gasteiger partial charge in [0.15, 0.2) is 11.6 Å². The molecular weight excluding hydrogens is 269 g/mol. The fourth-order valence-corrected chi connectivity index (χ4v) is 2.91. The lowest BCUT2D eigenvalue weighted by Crippen LogP contribution is -2.42. The van der Waals surface area contributed by atoms with Crippen molar-refractivity contribution in [1.29, 1.82) is 0 Å². The van der Waals surface area contributed by atoms with Crippen molar-refractivity contribution in [1.82, 2.24) is 5.32 Å². The molecule has 0 bridgehead atoms. The summed E-state index contributed by atoms with van der Waals surface area (Å²) in [7, 11) is 1.49. The smallest absolute Gasteiger partial charge is 0.165 e. The van der Waals surface area contributed by atoms with Gasteiger partial charge >= 0.3 is 0 Å². The molecule has 1 fully saturated rings. The first-order valence-corrected chi connectivity index (χ1v) is 7.88. The van der Waals surface area contributed by atoms with Crippen molar-refractivity contribution >= 4 is 0 Å². The summed E-state index contributed by atoms with van der Waals surface area (Å²) >= 11 is 0. The minimum absolute atomic E-state index is 0.288. The quantitative estimate of drug-likeness (QED) is 0.838. The fourth-order valence-electron chi connectivity index (χ4n) is 2.91. The zero-order chi connectivity index (χ0) is 15.1. The molecule has 0 aliphatic carbocycles. The van der Waals surface area contributed by atoms with Gasteiger partial charge in [-0.3, -0.25) is 0 Å². The molecule has 118 valence electrons. The summed E-state index contributed by atoms with van der Waals surface area (Å²) in [5, 5.41) is 3.60. The molecule has 0 amide bonds. The molecule has 0 saturated carbocycles. The minimum Gasteiger partial charge on any atom is -0.494 e. The Morgan fingerprint density at radius 1 is 1.48 bits per heavy atom. The Morgan fingerprint density at radius 2 is 2.33 bits per heavy atom. The lowest BCUT2D eigenvalue weighted by molar-refractivity contribution is 0.0393. The number of nitrogens with one attached hydrogen (secondary N) is 1. The lowest BCUT2D eigenvalue weighted by Gasteiger charge is -2.31. The first kappa shape index (κ1) is 16.2. The van der Waals surface area contributed by atoms with Gasteiger partial charge in [-0.05, 0) is 55.8 Å². The Morgan fingerprint density at radius 3 is 2.95 bits per heavy atom. The monoisotopic (exact) mass is 295 g/mol. The zero-order valence-electron chi connectivity index (χ0n) is 13.0. The topological polar surface area (TPSA) is 30.5 Å². The molecule has 0 aromatic heterocycles. The van der Waals surface area contributed by atoms with Crippen molar-refractivity contribution in [3.05, 3.63) is 29.6 Å². The van der Waals surface area contributed by atoms with Gasteiger partial charge in [0.1, 0.15) is 0 Å². The van der Waals surface area contributed by atoms with Crippen LogP contribution < -0.4 is 10.1 Å². The Labute approximate surface area is 126 Å². The van der Waals surface area contributed by atoms with Gasteiger partial charge in [-0.1, -0.05) is 13.0 Å². The SMILES string of the molecule is CCCNC(Cc1ccc(OC)c(F)c1)C1CCCOC1. The number of methoxy groups -OCH3 is 1. The molecule has 1 aliphatic heterocycles. The summed E-state index contributed by atoms with van der Waals surface area (Å²) in [6.07, 6.45) is 4.22. The lowest BCUT2D eigenvalue weighted by atomic mass is 9.89. The maximum Gasteiger partial charge on any atom is 0.165 e. The second-order valence-electron chi connectivity index (χ2n) is 5.71. The largest absolute Gasteiger partial charge is 0.494 e. The average Bonchev–Trinajstić information content (AvgIpc) is 2.52. The van der Waals surface area contributed by atoms with E-state index in [2.05, 4.69) is 12.2 Å². The molecule has 2 atom stereocenters. The summed E-state index contributed by atoms with van der Waals surface area (Å²) in [5.41, 5.74) is 1.01. The van der Waals surface area contributed by atoms with E-state index in [-0.39, 0.29) is 5.82 Å². The summed E-state index contributed by atoms with van der Waals surface area (Å²) in [5.74, 6) is 0.525. The summed E-state index contributed by atoms with van der Waals surface area (Å²) in [6.45, 7) is 4.82. The van der Waals surface area contributed by atoms with E-state index >= 15 is 0 Å². The number of ether oxygens (including phenoxy) is 2. The number of rotatable bonds is 7. The van der Waals surface area contributed by atoms with Gasteiger partial charge in [0.2, 0.25) is 0 Å². The molecule has 1 heterocycles. The minimum atomic E-state index is -0.288. The number of benzene rings is 1. The number of hydrogen-bond acceptors (Lipinski definition) is 3. The van der Waals surface area contributed by atoms with Crippen LogP contribution in [0.1, 0.15) is 31.7 Å². The second kappa shape index (κ2) is 8.35. The van der Waals surface area contributed by atoms with Crippen LogP contribution in [0.5, 0.6) is 5.75 Å². The van der Waals surface area contributed by atoms with Gasteiger partial charge in [-0.2, -0.15) is 0 Å². The Kier molecular flexibility index (Phi) is 6.46. The third kappa shape index (κ3) is 4.68.